The summed E-state index contributed by atoms with van der Waals surface area (Å²) in [6, 6.07) is 0. The normalized spacial score (nSPS) is 20.1. The largest absolute Gasteiger partial charge is 0.464 e. The molecule has 1 aliphatic heterocycles. The summed E-state index contributed by atoms with van der Waals surface area (Å²) in [5, 5.41) is 0. The minimum absolute atomic E-state index is 0.219. The fraction of sp³-hybridized carbons (Fsp3) is 0.826. The van der Waals surface area contributed by atoms with Crippen LogP contribution in [0.2, 0.25) is 0 Å². The molecule has 1 heterocycles. The Morgan fingerprint density at radius 1 is 0.840 bits per heavy atom. The van der Waals surface area contributed by atoms with Crippen LogP contribution in [0.4, 0.5) is 0 Å². The molecule has 0 aromatic carbocycles. The highest BCUT2D eigenvalue weighted by atomic mass is 16.5. The summed E-state index contributed by atoms with van der Waals surface area (Å²) in [5.74, 6) is 4.78. The molecule has 2 nitrogen and oxygen atoms in total. The predicted octanol–water partition coefficient (Wildman–Crippen LogP) is 6.70. The zero-order chi connectivity index (χ0) is 19.7. The predicted molar refractivity (Wildman–Crippen MR) is 110 cm³/mol. The zero-order valence-electron chi connectivity index (χ0n) is 18.9. The molecule has 1 aliphatic rings. The minimum Gasteiger partial charge on any atom is -0.464 e. The summed E-state index contributed by atoms with van der Waals surface area (Å²) in [7, 11) is 4.33. The van der Waals surface area contributed by atoms with Gasteiger partial charge in [0.05, 0.1) is 5.70 Å². The lowest BCUT2D eigenvalue weighted by molar-refractivity contribution is 0.146. The topological polar surface area (TPSA) is 12.5 Å². The highest BCUT2D eigenvalue weighted by Crippen LogP contribution is 2.49. The molecule has 0 spiro atoms. The van der Waals surface area contributed by atoms with Gasteiger partial charge in [0.2, 0.25) is 0 Å². The second-order valence-corrected chi connectivity index (χ2v) is 9.82. The van der Waals surface area contributed by atoms with Crippen LogP contribution in [0.3, 0.4) is 0 Å². The molecule has 0 amide bonds. The molecule has 2 heteroatoms. The maximum atomic E-state index is 6.70. The highest BCUT2D eigenvalue weighted by molar-refractivity contribution is 5.28. The van der Waals surface area contributed by atoms with Crippen molar-refractivity contribution in [1.82, 2.24) is 4.90 Å². The first kappa shape index (κ1) is 22.1. The first-order valence-electron chi connectivity index (χ1n) is 10.1. The number of hydrogen-bond donors (Lipinski definition) is 0. The maximum absolute atomic E-state index is 6.70. The van der Waals surface area contributed by atoms with E-state index in [-0.39, 0.29) is 5.41 Å². The van der Waals surface area contributed by atoms with Gasteiger partial charge in [-0.2, -0.15) is 0 Å². The molecule has 0 aliphatic carbocycles. The molecule has 0 radical (unpaired) electrons. The van der Waals surface area contributed by atoms with Crippen molar-refractivity contribution in [3.05, 3.63) is 22.8 Å². The molecular weight excluding hydrogens is 306 g/mol. The van der Waals surface area contributed by atoms with Crippen molar-refractivity contribution in [2.75, 3.05) is 14.1 Å². The van der Waals surface area contributed by atoms with E-state index in [9.17, 15) is 0 Å². The Labute approximate surface area is 157 Å². The Kier molecular flexibility index (Phi) is 7.24. The van der Waals surface area contributed by atoms with Crippen molar-refractivity contribution < 1.29 is 4.74 Å². The third-order valence-corrected chi connectivity index (χ3v) is 6.16. The average Bonchev–Trinajstić information content (AvgIpc) is 2.64. The fourth-order valence-electron chi connectivity index (χ4n) is 3.87. The summed E-state index contributed by atoms with van der Waals surface area (Å²) in [5.41, 5.74) is 3.11. The number of hydrogen-bond acceptors (Lipinski definition) is 2. The van der Waals surface area contributed by atoms with Crippen LogP contribution in [0.25, 0.3) is 0 Å². The van der Waals surface area contributed by atoms with Gasteiger partial charge in [-0.3, -0.25) is 0 Å². The Morgan fingerprint density at radius 3 is 1.64 bits per heavy atom. The first-order valence-corrected chi connectivity index (χ1v) is 10.1. The molecule has 0 fully saturated rings. The van der Waals surface area contributed by atoms with E-state index in [0.29, 0.717) is 29.6 Å². The van der Waals surface area contributed by atoms with Gasteiger partial charge in [-0.05, 0) is 35.2 Å². The van der Waals surface area contributed by atoms with E-state index in [1.165, 1.54) is 17.0 Å². The molecule has 0 aromatic rings. The van der Waals surface area contributed by atoms with Crippen LogP contribution in [0.5, 0.6) is 0 Å². The highest BCUT2D eigenvalue weighted by Gasteiger charge is 2.41. The quantitative estimate of drug-likeness (QED) is 0.529. The summed E-state index contributed by atoms with van der Waals surface area (Å²) in [6.45, 7) is 23.3. The van der Waals surface area contributed by atoms with Gasteiger partial charge in [-0.25, -0.2) is 0 Å². The molecule has 1 atom stereocenters. The summed E-state index contributed by atoms with van der Waals surface area (Å²) in [6.07, 6.45) is 1.06. The van der Waals surface area contributed by atoms with Crippen LogP contribution >= 0.6 is 0 Å². The van der Waals surface area contributed by atoms with Crippen molar-refractivity contribution in [3.8, 4) is 0 Å². The van der Waals surface area contributed by atoms with Crippen LogP contribution in [-0.2, 0) is 4.74 Å². The van der Waals surface area contributed by atoms with Gasteiger partial charge in [0.25, 0.3) is 0 Å². The Morgan fingerprint density at radius 2 is 1.32 bits per heavy atom. The molecule has 1 rings (SSSR count). The number of ether oxygens (including phenoxy) is 1. The van der Waals surface area contributed by atoms with Crippen LogP contribution in [0.1, 0.15) is 75.7 Å². The van der Waals surface area contributed by atoms with Gasteiger partial charge >= 0.3 is 0 Å². The maximum Gasteiger partial charge on any atom is 0.125 e. The van der Waals surface area contributed by atoms with Crippen molar-refractivity contribution in [2.45, 2.75) is 75.7 Å². The van der Waals surface area contributed by atoms with Crippen molar-refractivity contribution in [1.29, 1.82) is 0 Å². The third-order valence-electron chi connectivity index (χ3n) is 6.16. The van der Waals surface area contributed by atoms with Gasteiger partial charge in [-0.15, -0.1) is 0 Å². The summed E-state index contributed by atoms with van der Waals surface area (Å²) >= 11 is 0. The van der Waals surface area contributed by atoms with Crippen LogP contribution in [0, 0.1) is 35.0 Å². The summed E-state index contributed by atoms with van der Waals surface area (Å²) < 4.78 is 6.70. The van der Waals surface area contributed by atoms with E-state index in [2.05, 4.69) is 88.2 Å². The van der Waals surface area contributed by atoms with Gasteiger partial charge in [0, 0.05) is 25.9 Å². The monoisotopic (exact) mass is 349 g/mol. The zero-order valence-corrected chi connectivity index (χ0v) is 18.9. The van der Waals surface area contributed by atoms with Crippen molar-refractivity contribution in [2.24, 2.45) is 35.0 Å². The lowest BCUT2D eigenvalue weighted by Crippen LogP contribution is -2.34. The van der Waals surface area contributed by atoms with E-state index in [0.717, 1.165) is 12.2 Å². The molecule has 0 saturated carbocycles. The van der Waals surface area contributed by atoms with Crippen molar-refractivity contribution in [3.63, 3.8) is 0 Å². The molecule has 0 N–H and O–H groups in total. The third kappa shape index (κ3) is 4.63. The average molecular weight is 350 g/mol. The summed E-state index contributed by atoms with van der Waals surface area (Å²) in [4.78, 5) is 2.28. The molecule has 0 aromatic heterocycles. The standard InChI is InChI=1S/C23H43NO/c1-14(2)20-18(23(9,10)17(7)8)13-19(24(11)12)21(15(3)4)25-22(20)16(5)6/h14-18H,13H2,1-12H3. The van der Waals surface area contributed by atoms with Gasteiger partial charge in [0.15, 0.2) is 0 Å². The van der Waals surface area contributed by atoms with Gasteiger partial charge in [0.1, 0.15) is 11.5 Å². The van der Waals surface area contributed by atoms with Crippen LogP contribution in [0.15, 0.2) is 22.8 Å². The van der Waals surface area contributed by atoms with E-state index >= 15 is 0 Å². The van der Waals surface area contributed by atoms with Gasteiger partial charge in [-0.1, -0.05) is 69.2 Å². The second kappa shape index (κ2) is 8.18. The molecular formula is C23H43NO. The minimum atomic E-state index is 0.219. The second-order valence-electron chi connectivity index (χ2n) is 9.82. The Hall–Kier alpha value is -0.920. The molecule has 1 unspecified atom stereocenters. The number of allylic oxidation sites excluding steroid dienone is 4. The molecule has 0 bridgehead atoms. The first-order chi connectivity index (χ1) is 11.3. The Bertz CT molecular complexity index is 518. The van der Waals surface area contributed by atoms with Crippen LogP contribution in [-0.4, -0.2) is 19.0 Å². The van der Waals surface area contributed by atoms with Crippen LogP contribution < -0.4 is 0 Å². The van der Waals surface area contributed by atoms with Crippen molar-refractivity contribution >= 4 is 0 Å². The fourth-order valence-corrected chi connectivity index (χ4v) is 3.87. The van der Waals surface area contributed by atoms with E-state index in [1.807, 2.05) is 0 Å². The molecule has 0 saturated heterocycles. The molecule has 25 heavy (non-hydrogen) atoms. The lowest BCUT2D eigenvalue weighted by atomic mass is 9.63. The van der Waals surface area contributed by atoms with E-state index in [1.54, 1.807) is 0 Å². The Balaban J connectivity index is 3.72. The van der Waals surface area contributed by atoms with Gasteiger partial charge < -0.3 is 9.64 Å². The lowest BCUT2D eigenvalue weighted by Gasteiger charge is -2.41. The molecule has 146 valence electrons. The number of nitrogens with zero attached hydrogens (tertiary/aromatic N) is 1. The van der Waals surface area contributed by atoms with E-state index in [4.69, 9.17) is 4.74 Å². The number of rotatable bonds is 6. The van der Waals surface area contributed by atoms with E-state index < -0.39 is 0 Å². The smallest absolute Gasteiger partial charge is 0.125 e. The SMILES string of the molecule is CC(C)C1=C(C(C)C)C(C(C)(C)C(C)C)CC(N(C)C)=C(C(C)C)O1.